The molecule has 8 heteroatoms. The van der Waals surface area contributed by atoms with E-state index < -0.39 is 6.04 Å². The Bertz CT molecular complexity index is 938. The molecule has 3 rings (SSSR count). The minimum atomic E-state index is -0.425. The van der Waals surface area contributed by atoms with Gasteiger partial charge in [-0.25, -0.2) is 4.98 Å². The minimum absolute atomic E-state index is 0.134. The van der Waals surface area contributed by atoms with Gasteiger partial charge >= 0.3 is 0 Å². The van der Waals surface area contributed by atoms with Crippen LogP contribution in [-0.4, -0.2) is 21.4 Å². The molecule has 0 radical (unpaired) electrons. The lowest BCUT2D eigenvalue weighted by Crippen LogP contribution is -2.35. The van der Waals surface area contributed by atoms with Crippen molar-refractivity contribution in [1.82, 2.24) is 20.2 Å². The molecule has 2 atom stereocenters. The molecule has 0 aliphatic carbocycles. The van der Waals surface area contributed by atoms with Gasteiger partial charge in [0.05, 0.1) is 12.5 Å². The van der Waals surface area contributed by atoms with Crippen LogP contribution < -0.4 is 10.6 Å². The van der Waals surface area contributed by atoms with Gasteiger partial charge < -0.3 is 15.2 Å². The number of nitrogens with zero attached hydrogens (tertiary/aromatic N) is 2. The molecule has 6 nitrogen and oxygen atoms in total. The molecule has 0 fully saturated rings. The van der Waals surface area contributed by atoms with Gasteiger partial charge in [0, 0.05) is 36.3 Å². The summed E-state index contributed by atoms with van der Waals surface area (Å²) in [5, 5.41) is 8.45. The normalized spacial score (nSPS) is 13.0. The van der Waals surface area contributed by atoms with Crippen molar-refractivity contribution in [3.05, 3.63) is 75.5 Å². The maximum Gasteiger partial charge on any atom is 0.223 e. The molecule has 146 valence electrons. The minimum Gasteiger partial charge on any atom is -0.348 e. The fourth-order valence-electron chi connectivity index (χ4n) is 2.97. The number of carbonyl (C=O) groups is 2. The topological polar surface area (TPSA) is 76.0 Å². The molecule has 2 aromatic heterocycles. The van der Waals surface area contributed by atoms with Crippen molar-refractivity contribution in [2.24, 2.45) is 7.05 Å². The second kappa shape index (κ2) is 9.03. The molecule has 2 unspecified atom stereocenters. The second-order valence-corrected chi connectivity index (χ2v) is 7.84. The number of carbonyl (C=O) groups excluding carboxylic acids is 2. The monoisotopic (exact) mass is 416 g/mol. The maximum atomic E-state index is 12.9. The average Bonchev–Trinajstić information content (AvgIpc) is 3.31. The van der Waals surface area contributed by atoms with Gasteiger partial charge in [0.1, 0.15) is 11.9 Å². The number of halogens is 1. The molecule has 0 aliphatic heterocycles. The number of rotatable bonds is 7. The van der Waals surface area contributed by atoms with E-state index in [1.807, 2.05) is 47.5 Å². The fourth-order valence-corrected chi connectivity index (χ4v) is 3.87. The van der Waals surface area contributed by atoms with Crippen LogP contribution in [0.15, 0.2) is 54.2 Å². The van der Waals surface area contributed by atoms with E-state index in [0.29, 0.717) is 10.8 Å². The summed E-state index contributed by atoms with van der Waals surface area (Å²) in [5.74, 6) is 0.350. The number of hydrogen-bond acceptors (Lipinski definition) is 4. The lowest BCUT2D eigenvalue weighted by Gasteiger charge is -2.21. The van der Waals surface area contributed by atoms with Gasteiger partial charge in [0.25, 0.3) is 0 Å². The highest BCUT2D eigenvalue weighted by Gasteiger charge is 2.24. The smallest absolute Gasteiger partial charge is 0.223 e. The number of thiophene rings is 1. The number of imidazole rings is 1. The van der Waals surface area contributed by atoms with E-state index in [1.54, 1.807) is 18.3 Å². The van der Waals surface area contributed by atoms with Crippen LogP contribution in [0, 0.1) is 0 Å². The van der Waals surface area contributed by atoms with Crippen LogP contribution in [0.1, 0.15) is 41.7 Å². The molecule has 28 heavy (non-hydrogen) atoms. The summed E-state index contributed by atoms with van der Waals surface area (Å²) in [6, 6.07) is 10.3. The van der Waals surface area contributed by atoms with Crippen molar-refractivity contribution in [2.45, 2.75) is 25.4 Å². The van der Waals surface area contributed by atoms with E-state index in [2.05, 4.69) is 15.6 Å². The fraction of sp³-hybridized carbons (Fsp3) is 0.250. The lowest BCUT2D eigenvalue weighted by atomic mass is 10.0. The van der Waals surface area contributed by atoms with Crippen molar-refractivity contribution in [1.29, 1.82) is 0 Å². The number of aryl methyl sites for hydroxylation is 1. The molecule has 0 aliphatic rings. The Morgan fingerprint density at radius 3 is 2.54 bits per heavy atom. The van der Waals surface area contributed by atoms with Crippen molar-refractivity contribution < 1.29 is 9.59 Å². The van der Waals surface area contributed by atoms with Crippen LogP contribution in [0.25, 0.3) is 0 Å². The number of hydrogen-bond donors (Lipinski definition) is 2. The zero-order valence-electron chi connectivity index (χ0n) is 15.6. The highest BCUT2D eigenvalue weighted by molar-refractivity contribution is 7.10. The SMILES string of the molecule is CC(=O)NC(CC(=O)NC(c1ccc(Cl)cc1)c1nccn1C)c1cccs1. The van der Waals surface area contributed by atoms with E-state index >= 15 is 0 Å². The highest BCUT2D eigenvalue weighted by Crippen LogP contribution is 2.25. The summed E-state index contributed by atoms with van der Waals surface area (Å²) in [6.07, 6.45) is 3.65. The Kier molecular flexibility index (Phi) is 6.49. The van der Waals surface area contributed by atoms with Crippen LogP contribution in [0.2, 0.25) is 5.02 Å². The van der Waals surface area contributed by atoms with Crippen LogP contribution in [0.5, 0.6) is 0 Å². The Hall–Kier alpha value is -2.64. The number of nitrogens with one attached hydrogen (secondary N) is 2. The standard InChI is InChI=1S/C20H21ClN4O2S/c1-13(26)23-16(17-4-3-11-28-17)12-18(27)24-19(20-22-9-10-25(20)2)14-5-7-15(21)8-6-14/h3-11,16,19H,12H2,1-2H3,(H,23,26)(H,24,27). The predicted molar refractivity (Wildman–Crippen MR) is 110 cm³/mol. The van der Waals surface area contributed by atoms with Crippen molar-refractivity contribution in [2.75, 3.05) is 0 Å². The Labute approximate surface area is 172 Å². The summed E-state index contributed by atoms with van der Waals surface area (Å²) in [7, 11) is 1.88. The van der Waals surface area contributed by atoms with Crippen LogP contribution >= 0.6 is 22.9 Å². The molecule has 0 spiro atoms. The van der Waals surface area contributed by atoms with Gasteiger partial charge in [0.15, 0.2) is 0 Å². The van der Waals surface area contributed by atoms with Crippen LogP contribution in [0.3, 0.4) is 0 Å². The number of aromatic nitrogens is 2. The molecule has 0 saturated carbocycles. The molecule has 2 heterocycles. The third-order valence-corrected chi connectivity index (χ3v) is 5.52. The predicted octanol–water partition coefficient (Wildman–Crippen LogP) is 3.61. The second-order valence-electron chi connectivity index (χ2n) is 6.42. The maximum absolute atomic E-state index is 12.9. The quantitative estimate of drug-likeness (QED) is 0.617. The first-order chi connectivity index (χ1) is 13.4. The van der Waals surface area contributed by atoms with Gasteiger partial charge in [0.2, 0.25) is 11.8 Å². The molecular formula is C20H21ClN4O2S. The molecule has 2 N–H and O–H groups in total. The van der Waals surface area contributed by atoms with E-state index in [4.69, 9.17) is 11.6 Å². The van der Waals surface area contributed by atoms with E-state index in [0.717, 1.165) is 10.4 Å². The first-order valence-electron chi connectivity index (χ1n) is 8.76. The molecule has 2 amide bonds. The van der Waals surface area contributed by atoms with Crippen LogP contribution in [0.4, 0.5) is 0 Å². The van der Waals surface area contributed by atoms with E-state index in [9.17, 15) is 9.59 Å². The third-order valence-electron chi connectivity index (χ3n) is 4.28. The molecule has 1 aromatic carbocycles. The number of amides is 2. The zero-order chi connectivity index (χ0) is 20.1. The average molecular weight is 417 g/mol. The van der Waals surface area contributed by atoms with Crippen molar-refractivity contribution in [3.8, 4) is 0 Å². The Morgan fingerprint density at radius 1 is 1.21 bits per heavy atom. The Balaban J connectivity index is 1.81. The van der Waals surface area contributed by atoms with Gasteiger partial charge in [-0.15, -0.1) is 11.3 Å². The van der Waals surface area contributed by atoms with Gasteiger partial charge in [-0.3, -0.25) is 9.59 Å². The lowest BCUT2D eigenvalue weighted by molar-refractivity contribution is -0.123. The summed E-state index contributed by atoms with van der Waals surface area (Å²) in [4.78, 5) is 29.8. The third kappa shape index (κ3) is 4.99. The molecule has 3 aromatic rings. The van der Waals surface area contributed by atoms with Gasteiger partial charge in [-0.05, 0) is 29.1 Å². The van der Waals surface area contributed by atoms with Gasteiger partial charge in [-0.2, -0.15) is 0 Å². The zero-order valence-corrected chi connectivity index (χ0v) is 17.1. The summed E-state index contributed by atoms with van der Waals surface area (Å²) < 4.78 is 1.87. The largest absolute Gasteiger partial charge is 0.348 e. The Morgan fingerprint density at radius 2 is 1.96 bits per heavy atom. The highest BCUT2D eigenvalue weighted by atomic mass is 35.5. The molecule has 0 saturated heterocycles. The van der Waals surface area contributed by atoms with Crippen molar-refractivity contribution >= 4 is 34.8 Å². The van der Waals surface area contributed by atoms with Crippen LogP contribution in [-0.2, 0) is 16.6 Å². The summed E-state index contributed by atoms with van der Waals surface area (Å²) in [6.45, 7) is 1.45. The van der Waals surface area contributed by atoms with E-state index in [-0.39, 0.29) is 24.3 Å². The van der Waals surface area contributed by atoms with Gasteiger partial charge in [-0.1, -0.05) is 29.8 Å². The molecular weight excluding hydrogens is 396 g/mol. The number of benzene rings is 1. The molecule has 0 bridgehead atoms. The first-order valence-corrected chi connectivity index (χ1v) is 10.0. The first kappa shape index (κ1) is 20.1. The summed E-state index contributed by atoms with van der Waals surface area (Å²) >= 11 is 7.51. The van der Waals surface area contributed by atoms with Crippen molar-refractivity contribution in [3.63, 3.8) is 0 Å². The summed E-state index contributed by atoms with van der Waals surface area (Å²) in [5.41, 5.74) is 0.874. The van der Waals surface area contributed by atoms with E-state index in [1.165, 1.54) is 18.3 Å².